The predicted octanol–water partition coefficient (Wildman–Crippen LogP) is 3.96. The van der Waals surface area contributed by atoms with Crippen LogP contribution in [0.4, 0.5) is 5.69 Å². The molecule has 1 saturated carbocycles. The highest BCUT2D eigenvalue weighted by Gasteiger charge is 2.28. The maximum absolute atomic E-state index is 13.6. The molecule has 41 heavy (non-hydrogen) atoms. The van der Waals surface area contributed by atoms with Crippen LogP contribution in [-0.4, -0.2) is 86.3 Å². The molecule has 2 heterocycles. The number of benzene rings is 1. The van der Waals surface area contributed by atoms with E-state index in [2.05, 4.69) is 63.9 Å². The van der Waals surface area contributed by atoms with Crippen LogP contribution in [0.2, 0.25) is 5.15 Å². The van der Waals surface area contributed by atoms with Crippen molar-refractivity contribution in [2.24, 2.45) is 0 Å². The number of anilines is 1. The average molecular weight is 582 g/mol. The second-order valence-corrected chi connectivity index (χ2v) is 11.7. The van der Waals surface area contributed by atoms with Crippen LogP contribution in [0.3, 0.4) is 0 Å². The Morgan fingerprint density at radius 1 is 1.12 bits per heavy atom. The number of pyridine rings is 1. The first-order valence-corrected chi connectivity index (χ1v) is 15.1. The topological polar surface area (TPSA) is 80.9 Å². The van der Waals surface area contributed by atoms with Gasteiger partial charge in [0.15, 0.2) is 5.43 Å². The van der Waals surface area contributed by atoms with Gasteiger partial charge in [-0.25, -0.2) is 0 Å². The van der Waals surface area contributed by atoms with Crippen molar-refractivity contribution < 1.29 is 9.53 Å². The summed E-state index contributed by atoms with van der Waals surface area (Å²) in [5, 5.41) is 3.19. The van der Waals surface area contributed by atoms with Crippen LogP contribution >= 0.6 is 11.6 Å². The van der Waals surface area contributed by atoms with Crippen molar-refractivity contribution in [2.75, 3.05) is 58.4 Å². The lowest BCUT2D eigenvalue weighted by molar-refractivity contribution is 0.0443. The summed E-state index contributed by atoms with van der Waals surface area (Å²) in [7, 11) is 4.32. The first-order valence-electron chi connectivity index (χ1n) is 14.7. The lowest BCUT2D eigenvalue weighted by atomic mass is 9.88. The molecule has 1 aromatic carbocycles. The monoisotopic (exact) mass is 581 g/mol. The third-order valence-corrected chi connectivity index (χ3v) is 8.72. The van der Waals surface area contributed by atoms with E-state index < -0.39 is 0 Å². The van der Waals surface area contributed by atoms with Gasteiger partial charge in [0.2, 0.25) is 0 Å². The first-order chi connectivity index (χ1) is 19.7. The highest BCUT2D eigenvalue weighted by Crippen LogP contribution is 2.33. The Hall–Kier alpha value is -2.83. The molecule has 0 atom stereocenters. The number of hydrogen-bond donors (Lipinski definition) is 2. The molecular formula is C32H44ClN5O3. The van der Waals surface area contributed by atoms with Crippen molar-refractivity contribution in [3.8, 4) is 11.8 Å². The molecule has 1 saturated heterocycles. The molecule has 0 bridgehead atoms. The minimum atomic E-state index is -0.246. The number of halogens is 1. The maximum atomic E-state index is 13.6. The fraction of sp³-hybridized carbons (Fsp3) is 0.562. The molecule has 0 unspecified atom stereocenters. The second-order valence-electron chi connectivity index (χ2n) is 11.4. The van der Waals surface area contributed by atoms with E-state index in [1.165, 1.54) is 6.07 Å². The lowest BCUT2D eigenvalue weighted by Crippen LogP contribution is -2.42. The molecule has 1 aliphatic heterocycles. The summed E-state index contributed by atoms with van der Waals surface area (Å²) in [6, 6.07) is 6.53. The van der Waals surface area contributed by atoms with E-state index in [0.29, 0.717) is 35.4 Å². The fourth-order valence-corrected chi connectivity index (χ4v) is 6.24. The molecular weight excluding hydrogens is 538 g/mol. The van der Waals surface area contributed by atoms with Crippen LogP contribution in [0.25, 0.3) is 0 Å². The van der Waals surface area contributed by atoms with E-state index in [4.69, 9.17) is 16.3 Å². The number of aryl methyl sites for hydroxylation is 1. The number of ether oxygens (including phenoxy) is 1. The van der Waals surface area contributed by atoms with Gasteiger partial charge in [-0.05, 0) is 78.2 Å². The van der Waals surface area contributed by atoms with Gasteiger partial charge in [0.25, 0.3) is 5.91 Å². The molecule has 0 spiro atoms. The van der Waals surface area contributed by atoms with Crippen molar-refractivity contribution >= 4 is 23.2 Å². The van der Waals surface area contributed by atoms with Crippen molar-refractivity contribution in [1.29, 1.82) is 0 Å². The van der Waals surface area contributed by atoms with Gasteiger partial charge in [0, 0.05) is 66.8 Å². The molecule has 1 amide bonds. The summed E-state index contributed by atoms with van der Waals surface area (Å²) in [6.07, 6.45) is 4.54. The number of morpholine rings is 1. The number of hydrogen-bond acceptors (Lipinski definition) is 6. The third-order valence-electron chi connectivity index (χ3n) is 8.39. The number of H-pyrrole nitrogens is 1. The van der Waals surface area contributed by atoms with E-state index in [9.17, 15) is 9.59 Å². The van der Waals surface area contributed by atoms with Crippen LogP contribution < -0.4 is 15.6 Å². The lowest BCUT2D eigenvalue weighted by Gasteiger charge is -2.40. The van der Waals surface area contributed by atoms with Gasteiger partial charge in [0.05, 0.1) is 25.3 Å². The molecule has 222 valence electrons. The fourth-order valence-electron chi connectivity index (χ4n) is 5.93. The van der Waals surface area contributed by atoms with Gasteiger partial charge in [0.1, 0.15) is 5.15 Å². The average Bonchev–Trinajstić information content (AvgIpc) is 2.95. The van der Waals surface area contributed by atoms with E-state index in [1.807, 2.05) is 13.0 Å². The third kappa shape index (κ3) is 7.92. The van der Waals surface area contributed by atoms with E-state index >= 15 is 0 Å². The van der Waals surface area contributed by atoms with Crippen molar-refractivity contribution in [1.82, 2.24) is 20.1 Å². The minimum absolute atomic E-state index is 0.0427. The van der Waals surface area contributed by atoms with Gasteiger partial charge >= 0.3 is 0 Å². The Morgan fingerprint density at radius 3 is 2.44 bits per heavy atom. The summed E-state index contributed by atoms with van der Waals surface area (Å²) in [4.78, 5) is 36.1. The highest BCUT2D eigenvalue weighted by atomic mass is 35.5. The first kappa shape index (κ1) is 31.1. The standard InChI is InChI=1S/C32H44ClN5O3/c1-6-38(26-11-9-25(10-12-26)36(4)5)29-20-24(8-7-13-37-14-16-41-17-15-37)19-27(23(29)3)32(40)34-21-28-30(39)18-22(2)35-31(28)33/h18-20,25-26H,6,9-17,21H2,1-5H3,(H,34,40)(H,35,39). The van der Waals surface area contributed by atoms with Crippen molar-refractivity contribution in [3.05, 3.63) is 61.5 Å². The highest BCUT2D eigenvalue weighted by molar-refractivity contribution is 6.30. The Balaban J connectivity index is 1.62. The van der Waals surface area contributed by atoms with Crippen LogP contribution in [0.5, 0.6) is 0 Å². The molecule has 2 fully saturated rings. The van der Waals surface area contributed by atoms with Crippen LogP contribution in [-0.2, 0) is 11.3 Å². The molecule has 8 nitrogen and oxygen atoms in total. The zero-order valence-corrected chi connectivity index (χ0v) is 25.9. The van der Waals surface area contributed by atoms with Crippen molar-refractivity contribution in [3.63, 3.8) is 0 Å². The second kappa shape index (κ2) is 14.4. The zero-order valence-electron chi connectivity index (χ0n) is 25.1. The normalized spacial score (nSPS) is 19.5. The molecule has 2 aromatic rings. The van der Waals surface area contributed by atoms with E-state index in [0.717, 1.165) is 75.3 Å². The number of carbonyl (C=O) groups is 1. The molecule has 1 aromatic heterocycles. The Morgan fingerprint density at radius 2 is 1.80 bits per heavy atom. The molecule has 2 aliphatic rings. The van der Waals surface area contributed by atoms with Gasteiger partial charge in [-0.1, -0.05) is 23.4 Å². The van der Waals surface area contributed by atoms with Crippen LogP contribution in [0.1, 0.15) is 65.3 Å². The summed E-state index contributed by atoms with van der Waals surface area (Å²) >= 11 is 6.30. The number of carbonyl (C=O) groups excluding carboxylic acids is 1. The van der Waals surface area contributed by atoms with Crippen LogP contribution in [0.15, 0.2) is 23.0 Å². The Bertz CT molecular complexity index is 1330. The van der Waals surface area contributed by atoms with Gasteiger partial charge in [-0.2, -0.15) is 0 Å². The number of aromatic amines is 1. The van der Waals surface area contributed by atoms with E-state index in [1.54, 1.807) is 6.92 Å². The van der Waals surface area contributed by atoms with Gasteiger partial charge < -0.3 is 24.8 Å². The quantitative estimate of drug-likeness (QED) is 0.363. The molecule has 0 radical (unpaired) electrons. The summed E-state index contributed by atoms with van der Waals surface area (Å²) < 4.78 is 5.45. The van der Waals surface area contributed by atoms with Crippen molar-refractivity contribution in [2.45, 2.75) is 65.1 Å². The number of nitrogens with one attached hydrogen (secondary N) is 2. The summed E-state index contributed by atoms with van der Waals surface area (Å²) in [6.45, 7) is 10.7. The Labute approximate surface area is 249 Å². The molecule has 2 N–H and O–H groups in total. The number of rotatable bonds is 8. The van der Waals surface area contributed by atoms with E-state index in [-0.39, 0.29) is 23.0 Å². The molecule has 1 aliphatic carbocycles. The molecule has 9 heteroatoms. The SMILES string of the molecule is CCN(c1cc(C#CCN2CCOCC2)cc(C(=O)NCc2c(Cl)[nH]c(C)cc2=O)c1C)C1CCC(N(C)C)CC1. The number of aromatic nitrogens is 1. The van der Waals surface area contributed by atoms with Crippen LogP contribution in [0, 0.1) is 25.7 Å². The molecule has 4 rings (SSSR count). The number of amides is 1. The summed E-state index contributed by atoms with van der Waals surface area (Å²) in [5.74, 6) is 6.41. The number of nitrogens with zero attached hydrogens (tertiary/aromatic N) is 3. The van der Waals surface area contributed by atoms with Gasteiger partial charge in [-0.3, -0.25) is 14.5 Å². The Kier molecular flexibility index (Phi) is 10.9. The smallest absolute Gasteiger partial charge is 0.251 e. The van der Waals surface area contributed by atoms with Gasteiger partial charge in [-0.15, -0.1) is 0 Å². The maximum Gasteiger partial charge on any atom is 0.251 e. The minimum Gasteiger partial charge on any atom is -0.379 e. The summed E-state index contributed by atoms with van der Waals surface area (Å²) in [5.41, 5.74) is 4.18. The zero-order chi connectivity index (χ0) is 29.5. The predicted molar refractivity (Wildman–Crippen MR) is 166 cm³/mol. The largest absolute Gasteiger partial charge is 0.379 e.